The van der Waals surface area contributed by atoms with Crippen LogP contribution >= 0.6 is 0 Å². The molecule has 0 radical (unpaired) electrons. The van der Waals surface area contributed by atoms with Crippen LogP contribution in [-0.2, 0) is 4.74 Å². The number of likely N-dealkylation sites (tertiary alicyclic amines) is 1. The molecule has 0 aromatic carbocycles. The van der Waals surface area contributed by atoms with Crippen LogP contribution in [0.2, 0.25) is 0 Å². The second-order valence-electron chi connectivity index (χ2n) is 7.95. The van der Waals surface area contributed by atoms with Crippen molar-refractivity contribution in [2.45, 2.75) is 65.4 Å². The fourth-order valence-electron chi connectivity index (χ4n) is 3.74. The Morgan fingerprint density at radius 2 is 1.90 bits per heavy atom. The number of amides is 1. The summed E-state index contributed by atoms with van der Waals surface area (Å²) in [6, 6.07) is 0. The molecule has 1 spiro atoms. The molecule has 1 amide bonds. The van der Waals surface area contributed by atoms with Gasteiger partial charge in [-0.05, 0) is 70.9 Å². The summed E-state index contributed by atoms with van der Waals surface area (Å²) >= 11 is 0. The van der Waals surface area contributed by atoms with Crippen molar-refractivity contribution in [3.8, 4) is 0 Å². The lowest BCUT2D eigenvalue weighted by Crippen LogP contribution is -2.48. The van der Waals surface area contributed by atoms with E-state index in [1.54, 1.807) is 0 Å². The molecule has 2 fully saturated rings. The lowest BCUT2D eigenvalue weighted by molar-refractivity contribution is -0.0141. The van der Waals surface area contributed by atoms with Crippen LogP contribution in [0.25, 0.3) is 0 Å². The van der Waals surface area contributed by atoms with Crippen LogP contribution in [0.3, 0.4) is 0 Å². The van der Waals surface area contributed by atoms with Crippen LogP contribution in [0, 0.1) is 11.3 Å². The number of piperidine rings is 1. The van der Waals surface area contributed by atoms with Crippen molar-refractivity contribution in [1.29, 1.82) is 0 Å². The topological polar surface area (TPSA) is 41.6 Å². The second-order valence-corrected chi connectivity index (χ2v) is 7.95. The number of hydrogen-bond acceptors (Lipinski definition) is 3. The number of nitrogens with zero attached hydrogens (tertiary/aromatic N) is 1. The Bertz CT molecular complexity index is 346. The SMILES string of the molecule is CCC1CC2(CCN(CCNC(=O)OC(C)(C)C)CC2)C1. The zero-order valence-corrected chi connectivity index (χ0v) is 14.2. The average molecular weight is 296 g/mol. The van der Waals surface area contributed by atoms with Crippen LogP contribution in [0.15, 0.2) is 0 Å². The molecule has 0 aromatic rings. The van der Waals surface area contributed by atoms with Gasteiger partial charge in [-0.3, -0.25) is 0 Å². The molecule has 21 heavy (non-hydrogen) atoms. The first-order valence-electron chi connectivity index (χ1n) is 8.51. The van der Waals surface area contributed by atoms with E-state index in [1.165, 1.54) is 45.2 Å². The van der Waals surface area contributed by atoms with Crippen molar-refractivity contribution in [3.05, 3.63) is 0 Å². The van der Waals surface area contributed by atoms with Gasteiger partial charge in [0, 0.05) is 13.1 Å². The molecule has 0 unspecified atom stereocenters. The maximum Gasteiger partial charge on any atom is 0.407 e. The lowest BCUT2D eigenvalue weighted by Gasteiger charge is -2.52. The molecular formula is C17H32N2O2. The first kappa shape index (κ1) is 16.6. The third kappa shape index (κ3) is 4.87. The Morgan fingerprint density at radius 1 is 1.29 bits per heavy atom. The molecular weight excluding hydrogens is 264 g/mol. The van der Waals surface area contributed by atoms with Gasteiger partial charge in [0.25, 0.3) is 0 Å². The molecule has 4 nitrogen and oxygen atoms in total. The molecule has 2 rings (SSSR count). The summed E-state index contributed by atoms with van der Waals surface area (Å²) in [7, 11) is 0. The van der Waals surface area contributed by atoms with Gasteiger partial charge in [-0.25, -0.2) is 4.79 Å². The number of rotatable bonds is 4. The standard InChI is InChI=1S/C17H32N2O2/c1-5-14-12-17(13-14)6-9-19(10-7-17)11-8-18-15(20)21-16(2,3)4/h14H,5-13H2,1-4H3,(H,18,20). The lowest BCUT2D eigenvalue weighted by atomic mass is 9.57. The normalized spacial score (nSPS) is 22.9. The van der Waals surface area contributed by atoms with E-state index < -0.39 is 5.60 Å². The summed E-state index contributed by atoms with van der Waals surface area (Å²) in [6.07, 6.45) is 6.64. The van der Waals surface area contributed by atoms with Crippen molar-refractivity contribution in [1.82, 2.24) is 10.2 Å². The third-order valence-corrected chi connectivity index (χ3v) is 5.03. The first-order chi connectivity index (χ1) is 9.82. The minimum absolute atomic E-state index is 0.305. The van der Waals surface area contributed by atoms with Crippen molar-refractivity contribution < 1.29 is 9.53 Å². The Balaban J connectivity index is 1.58. The number of carbonyl (C=O) groups excluding carboxylic acids is 1. The summed E-state index contributed by atoms with van der Waals surface area (Å²) in [5.41, 5.74) is 0.261. The van der Waals surface area contributed by atoms with Crippen molar-refractivity contribution >= 4 is 6.09 Å². The van der Waals surface area contributed by atoms with Crippen LogP contribution in [0.4, 0.5) is 4.79 Å². The highest BCUT2D eigenvalue weighted by Crippen LogP contribution is 2.53. The van der Waals surface area contributed by atoms with Gasteiger partial charge < -0.3 is 15.0 Å². The summed E-state index contributed by atoms with van der Waals surface area (Å²) in [4.78, 5) is 14.1. The molecule has 1 aliphatic heterocycles. The van der Waals surface area contributed by atoms with Crippen molar-refractivity contribution in [2.24, 2.45) is 11.3 Å². The predicted molar refractivity (Wildman–Crippen MR) is 85.4 cm³/mol. The van der Waals surface area contributed by atoms with E-state index in [4.69, 9.17) is 4.74 Å². The van der Waals surface area contributed by atoms with Crippen LogP contribution in [0.1, 0.15) is 59.8 Å². The molecule has 0 atom stereocenters. The van der Waals surface area contributed by atoms with E-state index in [9.17, 15) is 4.79 Å². The summed E-state index contributed by atoms with van der Waals surface area (Å²) in [5.74, 6) is 0.991. The van der Waals surface area contributed by atoms with Gasteiger partial charge in [0.1, 0.15) is 5.60 Å². The number of alkyl carbamates (subject to hydrolysis) is 1. The minimum Gasteiger partial charge on any atom is -0.444 e. The third-order valence-electron chi connectivity index (χ3n) is 5.03. The number of ether oxygens (including phenoxy) is 1. The highest BCUT2D eigenvalue weighted by Gasteiger charge is 2.44. The summed E-state index contributed by atoms with van der Waals surface area (Å²) in [5, 5.41) is 2.85. The largest absolute Gasteiger partial charge is 0.444 e. The van der Waals surface area contributed by atoms with Gasteiger partial charge >= 0.3 is 6.09 Å². The van der Waals surface area contributed by atoms with E-state index in [1.807, 2.05) is 20.8 Å². The van der Waals surface area contributed by atoms with Gasteiger partial charge in [0.2, 0.25) is 0 Å². The molecule has 122 valence electrons. The van der Waals surface area contributed by atoms with Gasteiger partial charge in [0.05, 0.1) is 0 Å². The molecule has 0 bridgehead atoms. The second kappa shape index (κ2) is 6.55. The van der Waals surface area contributed by atoms with Crippen molar-refractivity contribution in [2.75, 3.05) is 26.2 Å². The fourth-order valence-corrected chi connectivity index (χ4v) is 3.74. The van der Waals surface area contributed by atoms with Crippen LogP contribution < -0.4 is 5.32 Å². The highest BCUT2D eigenvalue weighted by molar-refractivity contribution is 5.67. The number of carbonyl (C=O) groups is 1. The van der Waals surface area contributed by atoms with Gasteiger partial charge in [0.15, 0.2) is 0 Å². The highest BCUT2D eigenvalue weighted by atomic mass is 16.6. The maximum absolute atomic E-state index is 11.6. The van der Waals surface area contributed by atoms with E-state index >= 15 is 0 Å². The van der Waals surface area contributed by atoms with Crippen molar-refractivity contribution in [3.63, 3.8) is 0 Å². The van der Waals surface area contributed by atoms with E-state index in [0.717, 1.165) is 12.5 Å². The minimum atomic E-state index is -0.415. The van der Waals surface area contributed by atoms with Gasteiger partial charge in [-0.15, -0.1) is 0 Å². The Kier molecular flexibility index (Phi) is 5.18. The zero-order valence-electron chi connectivity index (χ0n) is 14.2. The average Bonchev–Trinajstić information content (AvgIpc) is 2.35. The Morgan fingerprint density at radius 3 is 2.43 bits per heavy atom. The molecule has 1 saturated carbocycles. The number of nitrogens with one attached hydrogen (secondary N) is 1. The van der Waals surface area contributed by atoms with E-state index in [-0.39, 0.29) is 6.09 Å². The van der Waals surface area contributed by atoms with Gasteiger partial charge in [-0.2, -0.15) is 0 Å². The smallest absolute Gasteiger partial charge is 0.407 e. The molecule has 1 N–H and O–H groups in total. The molecule has 2 aliphatic rings. The Hall–Kier alpha value is -0.770. The first-order valence-corrected chi connectivity index (χ1v) is 8.51. The molecule has 1 aliphatic carbocycles. The number of hydrogen-bond donors (Lipinski definition) is 1. The van der Waals surface area contributed by atoms with Crippen LogP contribution in [0.5, 0.6) is 0 Å². The molecule has 1 saturated heterocycles. The van der Waals surface area contributed by atoms with Gasteiger partial charge in [-0.1, -0.05) is 13.3 Å². The summed E-state index contributed by atoms with van der Waals surface area (Å²) in [6.45, 7) is 12.0. The molecule has 1 heterocycles. The monoisotopic (exact) mass is 296 g/mol. The van der Waals surface area contributed by atoms with E-state index in [0.29, 0.717) is 12.0 Å². The van der Waals surface area contributed by atoms with E-state index in [2.05, 4.69) is 17.1 Å². The predicted octanol–water partition coefficient (Wildman–Crippen LogP) is 3.41. The van der Waals surface area contributed by atoms with Crippen LogP contribution in [-0.4, -0.2) is 42.8 Å². The molecule has 4 heteroatoms. The quantitative estimate of drug-likeness (QED) is 0.864. The maximum atomic E-state index is 11.6. The summed E-state index contributed by atoms with van der Waals surface area (Å²) < 4.78 is 5.24. The molecule has 0 aromatic heterocycles. The Labute approximate surface area is 129 Å². The zero-order chi connectivity index (χ0) is 15.5. The fraction of sp³-hybridized carbons (Fsp3) is 0.941.